The fourth-order valence-electron chi connectivity index (χ4n) is 3.61. The van der Waals surface area contributed by atoms with Gasteiger partial charge < -0.3 is 14.5 Å². The number of rotatable bonds is 7. The molecule has 0 N–H and O–H groups in total. The fraction of sp³-hybridized carbons (Fsp3) is 0.320. The smallest absolute Gasteiger partial charge is 0.232 e. The van der Waals surface area contributed by atoms with E-state index in [-0.39, 0.29) is 0 Å². The van der Waals surface area contributed by atoms with Gasteiger partial charge in [-0.1, -0.05) is 48.5 Å². The van der Waals surface area contributed by atoms with Crippen LogP contribution >= 0.6 is 11.8 Å². The minimum Gasteiger partial charge on any atom is -0.472 e. The molecule has 4 rings (SSSR count). The van der Waals surface area contributed by atoms with Gasteiger partial charge in [0.2, 0.25) is 11.8 Å². The monoisotopic (exact) mass is 445 g/mol. The first-order chi connectivity index (χ1) is 15.6. The molecule has 1 aliphatic heterocycles. The van der Waals surface area contributed by atoms with Crippen molar-refractivity contribution < 1.29 is 4.74 Å². The van der Waals surface area contributed by atoms with E-state index in [1.54, 1.807) is 11.8 Å². The summed E-state index contributed by atoms with van der Waals surface area (Å²) < 4.78 is 6.21. The highest BCUT2D eigenvalue weighted by Crippen LogP contribution is 2.35. The summed E-state index contributed by atoms with van der Waals surface area (Å²) in [4.78, 5) is 16.0. The Kier molecular flexibility index (Phi) is 7.25. The highest BCUT2D eigenvalue weighted by molar-refractivity contribution is 7.99. The Morgan fingerprint density at radius 2 is 1.88 bits per heavy atom. The van der Waals surface area contributed by atoms with Crippen LogP contribution in [0.5, 0.6) is 5.88 Å². The largest absolute Gasteiger partial charge is 0.472 e. The van der Waals surface area contributed by atoms with Crippen molar-refractivity contribution in [2.45, 2.75) is 30.2 Å². The molecule has 0 radical (unpaired) electrons. The molecule has 2 heterocycles. The number of likely N-dealkylation sites (N-methyl/N-ethyl adjacent to an activating group) is 1. The van der Waals surface area contributed by atoms with Crippen molar-refractivity contribution in [2.24, 2.45) is 0 Å². The number of nitriles is 1. The summed E-state index contributed by atoms with van der Waals surface area (Å²) in [6, 6.07) is 18.0. The standard InChI is InChI=1S/C25H27N5OS/c1-3-29-11-13-30(14-12-29)25-27-17-23(32-22-9-7-20(16-26)8-10-22)24(28-25)31-18-21-6-4-5-19(2)15-21/h4-10,15,17H,3,11-14,18H2,1-2H3. The lowest BCUT2D eigenvalue weighted by Gasteiger charge is -2.34. The second-order valence-electron chi connectivity index (χ2n) is 7.78. The first-order valence-corrected chi connectivity index (χ1v) is 11.7. The van der Waals surface area contributed by atoms with Crippen molar-refractivity contribution in [3.05, 3.63) is 71.4 Å². The Bertz CT molecular complexity index is 1090. The molecule has 3 aromatic rings. The van der Waals surface area contributed by atoms with Crippen molar-refractivity contribution in [1.29, 1.82) is 5.26 Å². The molecule has 0 unspecified atom stereocenters. The van der Waals surface area contributed by atoms with Crippen LogP contribution in [0.25, 0.3) is 0 Å². The third kappa shape index (κ3) is 5.58. The van der Waals surface area contributed by atoms with Crippen LogP contribution in [-0.2, 0) is 6.61 Å². The highest BCUT2D eigenvalue weighted by atomic mass is 32.2. The van der Waals surface area contributed by atoms with Crippen LogP contribution in [0.1, 0.15) is 23.6 Å². The highest BCUT2D eigenvalue weighted by Gasteiger charge is 2.20. The molecule has 1 aromatic heterocycles. The van der Waals surface area contributed by atoms with E-state index in [0.717, 1.165) is 48.1 Å². The molecule has 0 atom stereocenters. The summed E-state index contributed by atoms with van der Waals surface area (Å²) in [5.41, 5.74) is 2.95. The number of anilines is 1. The van der Waals surface area contributed by atoms with E-state index in [9.17, 15) is 0 Å². The van der Waals surface area contributed by atoms with Gasteiger partial charge in [-0.05, 0) is 43.3 Å². The van der Waals surface area contributed by atoms with Gasteiger partial charge in [0.05, 0.1) is 22.7 Å². The van der Waals surface area contributed by atoms with Gasteiger partial charge in [-0.25, -0.2) is 4.98 Å². The molecule has 0 amide bonds. The van der Waals surface area contributed by atoms with Gasteiger partial charge in [0.15, 0.2) is 0 Å². The number of hydrogen-bond donors (Lipinski definition) is 0. The number of ether oxygens (including phenoxy) is 1. The van der Waals surface area contributed by atoms with Crippen LogP contribution < -0.4 is 9.64 Å². The second-order valence-corrected chi connectivity index (χ2v) is 8.89. The predicted molar refractivity (Wildman–Crippen MR) is 127 cm³/mol. The summed E-state index contributed by atoms with van der Waals surface area (Å²) in [6.07, 6.45) is 1.85. The topological polar surface area (TPSA) is 65.3 Å². The maximum atomic E-state index is 9.04. The lowest BCUT2D eigenvalue weighted by Crippen LogP contribution is -2.46. The Labute approximate surface area is 193 Å². The van der Waals surface area contributed by atoms with Gasteiger partial charge >= 0.3 is 0 Å². The molecule has 0 spiro atoms. The summed E-state index contributed by atoms with van der Waals surface area (Å²) >= 11 is 1.54. The van der Waals surface area contributed by atoms with E-state index in [1.807, 2.05) is 36.5 Å². The number of aromatic nitrogens is 2. The quantitative estimate of drug-likeness (QED) is 0.529. The molecule has 1 aliphatic rings. The van der Waals surface area contributed by atoms with Crippen LogP contribution in [0.4, 0.5) is 5.95 Å². The van der Waals surface area contributed by atoms with Gasteiger partial charge in [0.25, 0.3) is 0 Å². The molecule has 7 heteroatoms. The van der Waals surface area contributed by atoms with Crippen LogP contribution in [0.2, 0.25) is 0 Å². The molecule has 32 heavy (non-hydrogen) atoms. The summed E-state index contributed by atoms with van der Waals surface area (Å²) in [5, 5.41) is 9.04. The molecular weight excluding hydrogens is 418 g/mol. The number of hydrogen-bond acceptors (Lipinski definition) is 7. The second kappa shape index (κ2) is 10.5. The van der Waals surface area contributed by atoms with Crippen LogP contribution in [0.15, 0.2) is 64.5 Å². The lowest BCUT2D eigenvalue weighted by molar-refractivity contribution is 0.267. The van der Waals surface area contributed by atoms with Gasteiger partial charge in [-0.3, -0.25) is 0 Å². The molecule has 6 nitrogen and oxygen atoms in total. The zero-order chi connectivity index (χ0) is 22.3. The van der Waals surface area contributed by atoms with Crippen LogP contribution in [-0.4, -0.2) is 47.6 Å². The van der Waals surface area contributed by atoms with Crippen molar-refractivity contribution in [2.75, 3.05) is 37.6 Å². The van der Waals surface area contributed by atoms with E-state index >= 15 is 0 Å². The third-order valence-electron chi connectivity index (χ3n) is 5.48. The first kappa shape index (κ1) is 22.1. The number of piperazine rings is 1. The zero-order valence-corrected chi connectivity index (χ0v) is 19.3. The molecule has 164 valence electrons. The summed E-state index contributed by atoms with van der Waals surface area (Å²) in [7, 11) is 0. The predicted octanol–water partition coefficient (Wildman–Crippen LogP) is 4.53. The SMILES string of the molecule is CCN1CCN(c2ncc(Sc3ccc(C#N)cc3)c(OCc3cccc(C)c3)n2)CC1. The Hall–Kier alpha value is -3.08. The molecule has 1 saturated heterocycles. The first-order valence-electron chi connectivity index (χ1n) is 10.9. The minimum absolute atomic E-state index is 0.447. The van der Waals surface area contributed by atoms with Gasteiger partial charge in [0, 0.05) is 31.1 Å². The summed E-state index contributed by atoms with van der Waals surface area (Å²) in [6.45, 7) is 9.64. The van der Waals surface area contributed by atoms with E-state index in [2.05, 4.69) is 52.9 Å². The average molecular weight is 446 g/mol. The normalized spacial score (nSPS) is 14.2. The van der Waals surface area contributed by atoms with Crippen molar-refractivity contribution in [3.8, 4) is 11.9 Å². The molecule has 0 aliphatic carbocycles. The van der Waals surface area contributed by atoms with Crippen LogP contribution in [0.3, 0.4) is 0 Å². The minimum atomic E-state index is 0.447. The lowest BCUT2D eigenvalue weighted by atomic mass is 10.1. The molecule has 0 saturated carbocycles. The van der Waals surface area contributed by atoms with Crippen LogP contribution in [0, 0.1) is 18.3 Å². The molecule has 1 fully saturated rings. The van der Waals surface area contributed by atoms with Crippen molar-refractivity contribution in [1.82, 2.24) is 14.9 Å². The van der Waals surface area contributed by atoms with Crippen molar-refractivity contribution in [3.63, 3.8) is 0 Å². The summed E-state index contributed by atoms with van der Waals surface area (Å²) in [5.74, 6) is 1.30. The number of aryl methyl sites for hydroxylation is 1. The van der Waals surface area contributed by atoms with E-state index in [1.165, 1.54) is 5.56 Å². The third-order valence-corrected chi connectivity index (χ3v) is 6.49. The number of nitrogens with zero attached hydrogens (tertiary/aromatic N) is 5. The van der Waals surface area contributed by atoms with Gasteiger partial charge in [-0.15, -0.1) is 0 Å². The Balaban J connectivity index is 1.56. The zero-order valence-electron chi connectivity index (χ0n) is 18.5. The fourth-order valence-corrected chi connectivity index (χ4v) is 4.44. The Morgan fingerprint density at radius 3 is 2.56 bits per heavy atom. The molecule has 0 bridgehead atoms. The Morgan fingerprint density at radius 1 is 1.09 bits per heavy atom. The average Bonchev–Trinajstić information content (AvgIpc) is 2.84. The maximum absolute atomic E-state index is 9.04. The number of benzene rings is 2. The maximum Gasteiger partial charge on any atom is 0.232 e. The van der Waals surface area contributed by atoms with Crippen molar-refractivity contribution >= 4 is 17.7 Å². The van der Waals surface area contributed by atoms with E-state index in [4.69, 9.17) is 15.0 Å². The van der Waals surface area contributed by atoms with Gasteiger partial charge in [-0.2, -0.15) is 10.2 Å². The van der Waals surface area contributed by atoms with Gasteiger partial charge in [0.1, 0.15) is 6.61 Å². The molecule has 2 aromatic carbocycles. The van der Waals surface area contributed by atoms with E-state index < -0.39 is 0 Å². The molecular formula is C25H27N5OS. The van der Waals surface area contributed by atoms with E-state index in [0.29, 0.717) is 24.0 Å².